The molecule has 1 atom stereocenters. The van der Waals surface area contributed by atoms with Crippen LogP contribution in [-0.4, -0.2) is 35.4 Å². The molecule has 4 nitrogen and oxygen atoms in total. The lowest BCUT2D eigenvalue weighted by Gasteiger charge is -2.30. The third kappa shape index (κ3) is 4.02. The van der Waals surface area contributed by atoms with Crippen molar-refractivity contribution in [1.29, 1.82) is 0 Å². The number of carbonyl (C=O) groups excluding carboxylic acids is 1. The first-order valence-corrected chi connectivity index (χ1v) is 9.57. The lowest BCUT2D eigenvalue weighted by Crippen LogP contribution is -2.37. The smallest absolute Gasteiger partial charge is 0.263 e. The van der Waals surface area contributed by atoms with Crippen LogP contribution in [-0.2, 0) is 0 Å². The van der Waals surface area contributed by atoms with Crippen LogP contribution in [0.15, 0.2) is 36.5 Å². The monoisotopic (exact) mass is 343 g/mol. The van der Waals surface area contributed by atoms with E-state index in [-0.39, 0.29) is 11.9 Å². The summed E-state index contributed by atoms with van der Waals surface area (Å²) in [5.74, 6) is 0.594. The number of amides is 1. The van der Waals surface area contributed by atoms with Gasteiger partial charge in [-0.3, -0.25) is 9.69 Å². The van der Waals surface area contributed by atoms with Crippen molar-refractivity contribution >= 4 is 17.2 Å². The predicted molar refractivity (Wildman–Crippen MR) is 98.5 cm³/mol. The molecule has 1 aromatic heterocycles. The Bertz CT molecular complexity index is 662. The van der Waals surface area contributed by atoms with Crippen molar-refractivity contribution in [2.75, 3.05) is 19.6 Å². The zero-order valence-electron chi connectivity index (χ0n) is 14.4. The van der Waals surface area contributed by atoms with Crippen molar-refractivity contribution in [3.63, 3.8) is 0 Å². The second-order valence-electron chi connectivity index (χ2n) is 6.19. The van der Waals surface area contributed by atoms with Gasteiger partial charge in [0.05, 0.1) is 17.2 Å². The van der Waals surface area contributed by atoms with Crippen LogP contribution in [0.2, 0.25) is 0 Å². The summed E-state index contributed by atoms with van der Waals surface area (Å²) in [7, 11) is 0. The molecule has 1 fully saturated rings. The highest BCUT2D eigenvalue weighted by Gasteiger charge is 2.27. The van der Waals surface area contributed by atoms with Crippen LogP contribution in [0.4, 0.5) is 0 Å². The first-order chi connectivity index (χ1) is 11.7. The third-order valence-electron chi connectivity index (χ3n) is 4.57. The minimum Gasteiger partial charge on any atom is -0.349 e. The van der Waals surface area contributed by atoms with Gasteiger partial charge in [0.2, 0.25) is 0 Å². The average molecular weight is 343 g/mol. The number of rotatable bonds is 8. The Hall–Kier alpha value is -1.72. The van der Waals surface area contributed by atoms with Crippen LogP contribution in [0.5, 0.6) is 0 Å². The molecular weight excluding hydrogens is 318 g/mol. The summed E-state index contributed by atoms with van der Waals surface area (Å²) in [5, 5.41) is 4.22. The molecule has 2 aromatic rings. The van der Waals surface area contributed by atoms with E-state index in [0.717, 1.165) is 23.0 Å². The number of nitrogens with zero attached hydrogens (tertiary/aromatic N) is 2. The molecule has 0 spiro atoms. The van der Waals surface area contributed by atoms with E-state index in [1.165, 1.54) is 18.4 Å². The van der Waals surface area contributed by atoms with Crippen molar-refractivity contribution in [1.82, 2.24) is 15.2 Å². The molecule has 1 N–H and O–H groups in total. The van der Waals surface area contributed by atoms with Gasteiger partial charge in [-0.05, 0) is 31.5 Å². The quantitative estimate of drug-likeness (QED) is 0.792. The second-order valence-corrected chi connectivity index (χ2v) is 7.26. The van der Waals surface area contributed by atoms with Crippen LogP contribution in [0.3, 0.4) is 0 Å². The predicted octanol–water partition coefficient (Wildman–Crippen LogP) is 3.83. The summed E-state index contributed by atoms with van der Waals surface area (Å²) in [6, 6.07) is 10.6. The van der Waals surface area contributed by atoms with Gasteiger partial charge in [-0.15, -0.1) is 11.3 Å². The van der Waals surface area contributed by atoms with Gasteiger partial charge in [0.25, 0.3) is 5.91 Å². The third-order valence-corrected chi connectivity index (χ3v) is 5.73. The minimum absolute atomic E-state index is 0.00696. The Kier molecular flexibility index (Phi) is 5.63. The highest BCUT2D eigenvalue weighted by molar-refractivity contribution is 7.13. The van der Waals surface area contributed by atoms with Gasteiger partial charge in [-0.1, -0.05) is 44.2 Å². The first kappa shape index (κ1) is 17.1. The summed E-state index contributed by atoms with van der Waals surface area (Å²) >= 11 is 1.54. The Labute approximate surface area is 147 Å². The number of hydrogen-bond donors (Lipinski definition) is 1. The second kappa shape index (κ2) is 7.90. The van der Waals surface area contributed by atoms with E-state index in [1.54, 1.807) is 17.5 Å². The lowest BCUT2D eigenvalue weighted by atomic mass is 10.1. The molecule has 0 saturated heterocycles. The van der Waals surface area contributed by atoms with Crippen LogP contribution >= 0.6 is 11.3 Å². The molecule has 0 aliphatic heterocycles. The normalized spacial score (nSPS) is 15.5. The number of likely N-dealkylation sites (N-methyl/N-ethyl adjacent to an activating group) is 1. The van der Waals surface area contributed by atoms with E-state index in [4.69, 9.17) is 0 Å². The molecule has 0 radical (unpaired) electrons. The molecule has 1 heterocycles. The maximum absolute atomic E-state index is 12.5. The summed E-state index contributed by atoms with van der Waals surface area (Å²) in [6.07, 6.45) is 4.15. The zero-order chi connectivity index (χ0) is 16.9. The van der Waals surface area contributed by atoms with E-state index in [9.17, 15) is 4.79 Å². The Morgan fingerprint density at radius 1 is 1.29 bits per heavy atom. The molecule has 1 aromatic carbocycles. The maximum atomic E-state index is 12.5. The van der Waals surface area contributed by atoms with Crippen molar-refractivity contribution in [3.8, 4) is 0 Å². The van der Waals surface area contributed by atoms with Gasteiger partial charge < -0.3 is 5.32 Å². The van der Waals surface area contributed by atoms with Gasteiger partial charge in [-0.2, -0.15) is 0 Å². The van der Waals surface area contributed by atoms with E-state index < -0.39 is 0 Å². The Morgan fingerprint density at radius 3 is 2.62 bits per heavy atom. The van der Waals surface area contributed by atoms with Crippen LogP contribution in [0.1, 0.15) is 58.9 Å². The van der Waals surface area contributed by atoms with Crippen molar-refractivity contribution < 1.29 is 4.79 Å². The van der Waals surface area contributed by atoms with Gasteiger partial charge >= 0.3 is 0 Å². The minimum atomic E-state index is -0.00696. The SMILES string of the molecule is CCN(CC)C(CNC(=O)c1cnc(C2CC2)s1)c1ccccc1. The molecule has 1 aliphatic rings. The van der Waals surface area contributed by atoms with E-state index >= 15 is 0 Å². The molecule has 128 valence electrons. The number of hydrogen-bond acceptors (Lipinski definition) is 4. The lowest BCUT2D eigenvalue weighted by molar-refractivity contribution is 0.0939. The summed E-state index contributed by atoms with van der Waals surface area (Å²) in [5.41, 5.74) is 1.24. The van der Waals surface area contributed by atoms with Crippen LogP contribution in [0.25, 0.3) is 0 Å². The largest absolute Gasteiger partial charge is 0.349 e. The van der Waals surface area contributed by atoms with Crippen molar-refractivity contribution in [3.05, 3.63) is 52.0 Å². The van der Waals surface area contributed by atoms with Gasteiger partial charge in [0.1, 0.15) is 4.88 Å². The number of thiazole rings is 1. The van der Waals surface area contributed by atoms with E-state index in [0.29, 0.717) is 12.5 Å². The standard InChI is InChI=1S/C19H25N3OS/c1-3-22(4-2)16(14-8-6-5-7-9-14)12-20-18(23)17-13-21-19(24-17)15-10-11-15/h5-9,13,15-16H,3-4,10-12H2,1-2H3,(H,20,23). The fraction of sp³-hybridized carbons (Fsp3) is 0.474. The van der Waals surface area contributed by atoms with Gasteiger partial charge in [0, 0.05) is 12.5 Å². The summed E-state index contributed by atoms with van der Waals surface area (Å²) in [6.45, 7) is 6.84. The molecule has 1 saturated carbocycles. The number of nitrogens with one attached hydrogen (secondary N) is 1. The Balaban J connectivity index is 1.66. The number of carbonyl (C=O) groups is 1. The summed E-state index contributed by atoms with van der Waals surface area (Å²) < 4.78 is 0. The highest BCUT2D eigenvalue weighted by Crippen LogP contribution is 2.41. The molecule has 1 unspecified atom stereocenters. The topological polar surface area (TPSA) is 45.2 Å². The molecule has 3 rings (SSSR count). The molecule has 24 heavy (non-hydrogen) atoms. The van der Waals surface area contributed by atoms with Crippen LogP contribution in [0, 0.1) is 0 Å². The average Bonchev–Trinajstić information content (AvgIpc) is 3.36. The molecule has 1 amide bonds. The Morgan fingerprint density at radius 2 is 2.00 bits per heavy atom. The van der Waals surface area contributed by atoms with E-state index in [1.807, 2.05) is 6.07 Å². The molecule has 1 aliphatic carbocycles. The fourth-order valence-electron chi connectivity index (χ4n) is 2.99. The molecular formula is C19H25N3OS. The molecule has 0 bridgehead atoms. The van der Waals surface area contributed by atoms with Crippen molar-refractivity contribution in [2.24, 2.45) is 0 Å². The fourth-order valence-corrected chi connectivity index (χ4v) is 3.99. The summed E-state index contributed by atoms with van der Waals surface area (Å²) in [4.78, 5) is 20.0. The highest BCUT2D eigenvalue weighted by atomic mass is 32.1. The molecule has 5 heteroatoms. The number of aromatic nitrogens is 1. The zero-order valence-corrected chi connectivity index (χ0v) is 15.2. The van der Waals surface area contributed by atoms with Gasteiger partial charge in [0.15, 0.2) is 0 Å². The van der Waals surface area contributed by atoms with Crippen LogP contribution < -0.4 is 5.32 Å². The van der Waals surface area contributed by atoms with Gasteiger partial charge in [-0.25, -0.2) is 4.98 Å². The van der Waals surface area contributed by atoms with E-state index in [2.05, 4.69) is 53.3 Å². The first-order valence-electron chi connectivity index (χ1n) is 8.75. The number of benzene rings is 1. The maximum Gasteiger partial charge on any atom is 0.263 e. The van der Waals surface area contributed by atoms with Crippen molar-refractivity contribution in [2.45, 2.75) is 38.6 Å².